The van der Waals surface area contributed by atoms with Crippen LogP contribution in [0.1, 0.15) is 27.0 Å². The smallest absolute Gasteiger partial charge is 0.257 e. The number of fused-ring (bicyclic) bond motifs is 1. The number of anilines is 1. The van der Waals surface area contributed by atoms with Crippen LogP contribution in [0.15, 0.2) is 36.4 Å². The van der Waals surface area contributed by atoms with Crippen molar-refractivity contribution in [2.75, 3.05) is 5.32 Å². The van der Waals surface area contributed by atoms with Crippen molar-refractivity contribution < 1.29 is 4.79 Å². The molecule has 24 heavy (non-hydrogen) atoms. The molecule has 0 spiro atoms. The first-order valence-corrected chi connectivity index (χ1v) is 8.72. The lowest BCUT2D eigenvalue weighted by Crippen LogP contribution is -2.34. The second kappa shape index (κ2) is 6.67. The van der Waals surface area contributed by atoms with Gasteiger partial charge in [0.1, 0.15) is 0 Å². The van der Waals surface area contributed by atoms with Crippen molar-refractivity contribution in [3.63, 3.8) is 0 Å². The van der Waals surface area contributed by atoms with Gasteiger partial charge in [-0.25, -0.2) is 4.98 Å². The maximum atomic E-state index is 12.2. The monoisotopic (exact) mass is 355 g/mol. The van der Waals surface area contributed by atoms with Crippen LogP contribution in [0.25, 0.3) is 10.2 Å². The SMILES string of the molecule is Cc1ccc(C(=O)NC(=S)Nc2nc3c(C)ccc(C)c3s2)cc1. The maximum Gasteiger partial charge on any atom is 0.257 e. The van der Waals surface area contributed by atoms with E-state index in [1.807, 2.05) is 26.0 Å². The second-order valence-electron chi connectivity index (χ2n) is 5.67. The molecule has 0 saturated carbocycles. The standard InChI is InChI=1S/C18H17N3OS2/c1-10-4-8-13(9-5-10)16(22)20-17(23)21-18-19-14-11(2)6-7-12(3)15(14)24-18/h4-9H,1-3H3,(H2,19,20,21,22,23). The summed E-state index contributed by atoms with van der Waals surface area (Å²) in [5.74, 6) is -0.235. The second-order valence-corrected chi connectivity index (χ2v) is 7.08. The predicted molar refractivity (Wildman–Crippen MR) is 104 cm³/mol. The molecule has 0 unspecified atom stereocenters. The molecule has 1 heterocycles. The highest BCUT2D eigenvalue weighted by Crippen LogP contribution is 2.30. The normalized spacial score (nSPS) is 10.6. The molecule has 0 radical (unpaired) electrons. The van der Waals surface area contributed by atoms with Crippen molar-refractivity contribution in [3.8, 4) is 0 Å². The Morgan fingerprint density at radius 1 is 1.04 bits per heavy atom. The van der Waals surface area contributed by atoms with E-state index in [4.69, 9.17) is 12.2 Å². The Hall–Kier alpha value is -2.31. The highest BCUT2D eigenvalue weighted by Gasteiger charge is 2.12. The van der Waals surface area contributed by atoms with E-state index in [-0.39, 0.29) is 11.0 Å². The van der Waals surface area contributed by atoms with Crippen molar-refractivity contribution in [3.05, 3.63) is 58.7 Å². The number of nitrogens with zero attached hydrogens (tertiary/aromatic N) is 1. The minimum Gasteiger partial charge on any atom is -0.308 e. The molecule has 1 amide bonds. The van der Waals surface area contributed by atoms with Gasteiger partial charge in [0.05, 0.1) is 10.2 Å². The fraction of sp³-hybridized carbons (Fsp3) is 0.167. The maximum absolute atomic E-state index is 12.2. The summed E-state index contributed by atoms with van der Waals surface area (Å²) < 4.78 is 1.13. The van der Waals surface area contributed by atoms with E-state index in [1.165, 1.54) is 16.9 Å². The van der Waals surface area contributed by atoms with Gasteiger partial charge < -0.3 is 5.32 Å². The van der Waals surface area contributed by atoms with Crippen LogP contribution >= 0.6 is 23.6 Å². The van der Waals surface area contributed by atoms with Gasteiger partial charge in [-0.05, 0) is 56.2 Å². The molecular weight excluding hydrogens is 338 g/mol. The van der Waals surface area contributed by atoms with Crippen LogP contribution in [0, 0.1) is 20.8 Å². The van der Waals surface area contributed by atoms with Crippen LogP contribution in [-0.2, 0) is 0 Å². The lowest BCUT2D eigenvalue weighted by Gasteiger charge is -2.07. The average Bonchev–Trinajstić information content (AvgIpc) is 2.96. The third kappa shape index (κ3) is 3.44. The highest BCUT2D eigenvalue weighted by atomic mass is 32.1. The summed E-state index contributed by atoms with van der Waals surface area (Å²) in [5, 5.41) is 6.61. The number of rotatable bonds is 2. The van der Waals surface area contributed by atoms with E-state index in [1.54, 1.807) is 12.1 Å². The summed E-state index contributed by atoms with van der Waals surface area (Å²) in [6.45, 7) is 6.06. The molecule has 4 nitrogen and oxygen atoms in total. The molecule has 0 aliphatic heterocycles. The third-order valence-electron chi connectivity index (χ3n) is 3.70. The Labute approximate surface area is 149 Å². The molecule has 2 N–H and O–H groups in total. The van der Waals surface area contributed by atoms with Crippen molar-refractivity contribution in [2.45, 2.75) is 20.8 Å². The van der Waals surface area contributed by atoms with Crippen molar-refractivity contribution in [1.29, 1.82) is 0 Å². The molecule has 1 aromatic heterocycles. The number of amides is 1. The van der Waals surface area contributed by atoms with Gasteiger partial charge in [0, 0.05) is 5.56 Å². The molecule has 0 aliphatic carbocycles. The van der Waals surface area contributed by atoms with Crippen LogP contribution in [0.2, 0.25) is 0 Å². The molecule has 3 rings (SSSR count). The Bertz CT molecular complexity index is 890. The minimum absolute atomic E-state index is 0.235. The predicted octanol–water partition coefficient (Wildman–Crippen LogP) is 4.35. The number of thiocarbonyl (C=S) groups is 1. The topological polar surface area (TPSA) is 54.0 Å². The number of nitrogens with one attached hydrogen (secondary N) is 2. The molecule has 6 heteroatoms. The first-order valence-electron chi connectivity index (χ1n) is 7.50. The van der Waals surface area contributed by atoms with Crippen LogP contribution < -0.4 is 10.6 Å². The summed E-state index contributed by atoms with van der Waals surface area (Å²) in [6, 6.07) is 11.5. The number of carbonyl (C=O) groups is 1. The summed E-state index contributed by atoms with van der Waals surface area (Å²) in [5.41, 5.74) is 4.94. The van der Waals surface area contributed by atoms with Crippen LogP contribution in [0.3, 0.4) is 0 Å². The first-order chi connectivity index (χ1) is 11.4. The lowest BCUT2D eigenvalue weighted by atomic mass is 10.1. The summed E-state index contributed by atoms with van der Waals surface area (Å²) in [7, 11) is 0. The number of aromatic nitrogens is 1. The van der Waals surface area contributed by atoms with Crippen LogP contribution in [-0.4, -0.2) is 16.0 Å². The van der Waals surface area contributed by atoms with Crippen LogP contribution in [0.5, 0.6) is 0 Å². The van der Waals surface area contributed by atoms with Gasteiger partial charge in [-0.1, -0.05) is 41.2 Å². The van der Waals surface area contributed by atoms with E-state index < -0.39 is 0 Å². The number of hydrogen-bond acceptors (Lipinski definition) is 4. The van der Waals surface area contributed by atoms with E-state index in [0.717, 1.165) is 21.3 Å². The molecule has 122 valence electrons. The molecule has 0 aliphatic rings. The Morgan fingerprint density at radius 3 is 2.38 bits per heavy atom. The van der Waals surface area contributed by atoms with E-state index in [2.05, 4.69) is 34.7 Å². The molecule has 0 bridgehead atoms. The average molecular weight is 355 g/mol. The Kier molecular flexibility index (Phi) is 4.59. The summed E-state index contributed by atoms with van der Waals surface area (Å²) >= 11 is 6.76. The molecule has 0 atom stereocenters. The zero-order chi connectivity index (χ0) is 17.3. The van der Waals surface area contributed by atoms with E-state index >= 15 is 0 Å². The van der Waals surface area contributed by atoms with Gasteiger partial charge in [-0.2, -0.15) is 0 Å². The largest absolute Gasteiger partial charge is 0.308 e. The summed E-state index contributed by atoms with van der Waals surface area (Å²) in [6.07, 6.45) is 0. The number of carbonyl (C=O) groups excluding carboxylic acids is 1. The Morgan fingerprint density at radius 2 is 1.71 bits per heavy atom. The quantitative estimate of drug-likeness (QED) is 0.671. The van der Waals surface area contributed by atoms with Gasteiger partial charge in [0.25, 0.3) is 5.91 Å². The number of hydrogen-bond donors (Lipinski definition) is 2. The lowest BCUT2D eigenvalue weighted by molar-refractivity contribution is 0.0978. The van der Waals surface area contributed by atoms with Crippen molar-refractivity contribution in [2.24, 2.45) is 0 Å². The highest BCUT2D eigenvalue weighted by molar-refractivity contribution is 7.80. The number of aryl methyl sites for hydroxylation is 3. The van der Waals surface area contributed by atoms with Gasteiger partial charge >= 0.3 is 0 Å². The van der Waals surface area contributed by atoms with Gasteiger partial charge in [0.15, 0.2) is 10.2 Å². The Balaban J connectivity index is 1.73. The molecule has 3 aromatic rings. The van der Waals surface area contributed by atoms with Crippen molar-refractivity contribution >= 4 is 49.9 Å². The van der Waals surface area contributed by atoms with Crippen LogP contribution in [0.4, 0.5) is 5.13 Å². The molecular formula is C18H17N3OS2. The zero-order valence-electron chi connectivity index (χ0n) is 13.6. The van der Waals surface area contributed by atoms with Gasteiger partial charge in [-0.3, -0.25) is 10.1 Å². The van der Waals surface area contributed by atoms with E-state index in [0.29, 0.717) is 10.7 Å². The molecule has 0 fully saturated rings. The first kappa shape index (κ1) is 16.5. The summed E-state index contributed by atoms with van der Waals surface area (Å²) in [4.78, 5) is 16.8. The number of thiazole rings is 1. The van der Waals surface area contributed by atoms with E-state index in [9.17, 15) is 4.79 Å². The minimum atomic E-state index is -0.235. The molecule has 0 saturated heterocycles. The third-order valence-corrected chi connectivity index (χ3v) is 5.01. The zero-order valence-corrected chi connectivity index (χ0v) is 15.3. The van der Waals surface area contributed by atoms with Gasteiger partial charge in [0.2, 0.25) is 0 Å². The fourth-order valence-corrected chi connectivity index (χ4v) is 3.59. The molecule has 2 aromatic carbocycles. The van der Waals surface area contributed by atoms with Gasteiger partial charge in [-0.15, -0.1) is 0 Å². The van der Waals surface area contributed by atoms with Crippen molar-refractivity contribution in [1.82, 2.24) is 10.3 Å². The fourth-order valence-electron chi connectivity index (χ4n) is 2.32. The number of benzene rings is 2.